The van der Waals surface area contributed by atoms with E-state index in [1.54, 1.807) is 16.8 Å². The van der Waals surface area contributed by atoms with E-state index in [2.05, 4.69) is 15.6 Å². The Morgan fingerprint density at radius 1 is 1.29 bits per heavy atom. The van der Waals surface area contributed by atoms with Gasteiger partial charge in [0.05, 0.1) is 23.5 Å². The molecule has 5 nitrogen and oxygen atoms in total. The second-order valence-corrected chi connectivity index (χ2v) is 6.69. The second-order valence-electron chi connectivity index (χ2n) is 6.69. The summed E-state index contributed by atoms with van der Waals surface area (Å²) in [7, 11) is 0. The van der Waals surface area contributed by atoms with Crippen molar-refractivity contribution in [3.05, 3.63) is 41.5 Å². The summed E-state index contributed by atoms with van der Waals surface area (Å²) < 4.78 is 14.8. The van der Waals surface area contributed by atoms with Gasteiger partial charge >= 0.3 is 0 Å². The molecule has 2 atom stereocenters. The minimum atomic E-state index is -0.303. The summed E-state index contributed by atoms with van der Waals surface area (Å²) in [5.74, 6) is 0.147. The van der Waals surface area contributed by atoms with E-state index in [1.165, 1.54) is 25.0 Å². The summed E-state index contributed by atoms with van der Waals surface area (Å²) in [6.07, 6.45) is 4.39. The highest BCUT2D eigenvalue weighted by atomic mass is 19.1. The monoisotopic (exact) mass is 332 g/mol. The lowest BCUT2D eigenvalue weighted by Crippen LogP contribution is -2.33. The van der Waals surface area contributed by atoms with Crippen LogP contribution in [-0.4, -0.2) is 32.7 Å². The van der Waals surface area contributed by atoms with Crippen LogP contribution in [0.5, 0.6) is 0 Å². The fourth-order valence-corrected chi connectivity index (χ4v) is 3.47. The third-order valence-corrected chi connectivity index (χ3v) is 4.99. The van der Waals surface area contributed by atoms with Crippen molar-refractivity contribution in [3.8, 4) is 5.69 Å². The number of benzene rings is 1. The van der Waals surface area contributed by atoms with E-state index >= 15 is 0 Å². The van der Waals surface area contributed by atoms with Gasteiger partial charge in [0.1, 0.15) is 11.5 Å². The Morgan fingerprint density at radius 3 is 2.62 bits per heavy atom. The first-order chi connectivity index (χ1) is 11.6. The first-order valence-corrected chi connectivity index (χ1v) is 8.66. The van der Waals surface area contributed by atoms with Crippen LogP contribution in [0.3, 0.4) is 0 Å². The Hall–Kier alpha value is -1.79. The third-order valence-electron chi connectivity index (χ3n) is 4.99. The first-order valence-electron chi connectivity index (χ1n) is 8.66. The molecule has 3 rings (SSSR count). The maximum Gasteiger partial charge on any atom is 0.123 e. The topological polar surface area (TPSA) is 63.0 Å². The Labute approximate surface area is 141 Å². The summed E-state index contributed by atoms with van der Waals surface area (Å²) >= 11 is 0. The predicted molar refractivity (Wildman–Crippen MR) is 90.4 cm³/mol. The van der Waals surface area contributed by atoms with Gasteiger partial charge in [0.25, 0.3) is 0 Å². The van der Waals surface area contributed by atoms with Gasteiger partial charge in [-0.05, 0) is 56.9 Å². The molecule has 0 saturated heterocycles. The zero-order valence-corrected chi connectivity index (χ0v) is 14.2. The van der Waals surface area contributed by atoms with Crippen molar-refractivity contribution >= 4 is 0 Å². The molecule has 2 N–H and O–H groups in total. The lowest BCUT2D eigenvalue weighted by atomic mass is 10.0. The number of hydrogen-bond acceptors (Lipinski definition) is 4. The minimum Gasteiger partial charge on any atom is -0.392 e. The van der Waals surface area contributed by atoms with Crippen molar-refractivity contribution in [3.63, 3.8) is 0 Å². The fraction of sp³-hybridized carbons (Fsp3) is 0.556. The molecule has 1 aromatic heterocycles. The molecule has 2 aromatic rings. The van der Waals surface area contributed by atoms with E-state index in [4.69, 9.17) is 0 Å². The molecule has 1 aliphatic rings. The number of aliphatic hydroxyl groups excluding tert-OH is 1. The summed E-state index contributed by atoms with van der Waals surface area (Å²) in [4.78, 5) is 0. The third kappa shape index (κ3) is 3.65. The van der Waals surface area contributed by atoms with Crippen LogP contribution < -0.4 is 5.32 Å². The average Bonchev–Trinajstić information content (AvgIpc) is 3.23. The van der Waals surface area contributed by atoms with Crippen LogP contribution in [0.25, 0.3) is 5.69 Å². The van der Waals surface area contributed by atoms with Gasteiger partial charge in [0.2, 0.25) is 0 Å². The maximum atomic E-state index is 13.1. The van der Waals surface area contributed by atoms with E-state index < -0.39 is 0 Å². The lowest BCUT2D eigenvalue weighted by molar-refractivity contribution is 0.106. The van der Waals surface area contributed by atoms with Crippen molar-refractivity contribution in [2.75, 3.05) is 6.54 Å². The Balaban J connectivity index is 1.65. The van der Waals surface area contributed by atoms with Crippen LogP contribution in [-0.2, 0) is 0 Å². The molecule has 0 aliphatic heterocycles. The van der Waals surface area contributed by atoms with E-state index in [-0.39, 0.29) is 18.0 Å². The van der Waals surface area contributed by atoms with Gasteiger partial charge in [-0.1, -0.05) is 18.1 Å². The second kappa shape index (κ2) is 7.40. The summed E-state index contributed by atoms with van der Waals surface area (Å²) in [6, 6.07) is 6.19. The molecule has 130 valence electrons. The molecule has 0 amide bonds. The zero-order valence-electron chi connectivity index (χ0n) is 14.2. The summed E-state index contributed by atoms with van der Waals surface area (Å²) in [6.45, 7) is 4.53. The van der Waals surface area contributed by atoms with E-state index in [1.807, 2.05) is 13.8 Å². The van der Waals surface area contributed by atoms with Gasteiger partial charge in [-0.2, -0.15) is 0 Å². The average molecular weight is 332 g/mol. The SMILES string of the molecule is Cc1c(C(C)NCC(O)C2CCCC2)nnn1-c1ccc(F)cc1. The summed E-state index contributed by atoms with van der Waals surface area (Å²) in [5.41, 5.74) is 2.54. The first kappa shape index (κ1) is 17.0. The number of rotatable bonds is 6. The van der Waals surface area contributed by atoms with Gasteiger partial charge in [-0.25, -0.2) is 9.07 Å². The lowest BCUT2D eigenvalue weighted by Gasteiger charge is -2.20. The van der Waals surface area contributed by atoms with Crippen molar-refractivity contribution in [2.45, 2.75) is 51.7 Å². The Bertz CT molecular complexity index is 664. The van der Waals surface area contributed by atoms with Crippen LogP contribution in [0.15, 0.2) is 24.3 Å². The number of nitrogens with zero attached hydrogens (tertiary/aromatic N) is 3. The highest BCUT2D eigenvalue weighted by molar-refractivity contribution is 5.33. The molecule has 0 spiro atoms. The number of aliphatic hydroxyl groups is 1. The molecule has 1 aliphatic carbocycles. The molecule has 1 fully saturated rings. The van der Waals surface area contributed by atoms with E-state index in [0.29, 0.717) is 12.5 Å². The standard InChI is InChI=1S/C18H25FN4O/c1-12(20-11-17(24)14-5-3-4-6-14)18-13(2)23(22-21-18)16-9-7-15(19)8-10-16/h7-10,12,14,17,20,24H,3-6,11H2,1-2H3. The van der Waals surface area contributed by atoms with Gasteiger partial charge < -0.3 is 10.4 Å². The number of aromatic nitrogens is 3. The molecule has 1 aromatic carbocycles. The largest absolute Gasteiger partial charge is 0.392 e. The fourth-order valence-electron chi connectivity index (χ4n) is 3.47. The van der Waals surface area contributed by atoms with Crippen molar-refractivity contribution in [1.29, 1.82) is 0 Å². The Kier molecular flexibility index (Phi) is 5.26. The number of nitrogens with one attached hydrogen (secondary N) is 1. The van der Waals surface area contributed by atoms with Gasteiger partial charge in [0, 0.05) is 6.54 Å². The van der Waals surface area contributed by atoms with E-state index in [9.17, 15) is 9.50 Å². The molecule has 24 heavy (non-hydrogen) atoms. The molecular weight excluding hydrogens is 307 g/mol. The van der Waals surface area contributed by atoms with Crippen LogP contribution >= 0.6 is 0 Å². The van der Waals surface area contributed by atoms with Crippen LogP contribution in [0.2, 0.25) is 0 Å². The van der Waals surface area contributed by atoms with Crippen LogP contribution in [0.4, 0.5) is 4.39 Å². The van der Waals surface area contributed by atoms with Gasteiger partial charge in [-0.15, -0.1) is 5.10 Å². The predicted octanol–water partition coefficient (Wildman–Crippen LogP) is 2.92. The van der Waals surface area contributed by atoms with Crippen molar-refractivity contribution in [1.82, 2.24) is 20.3 Å². The molecule has 1 saturated carbocycles. The highest BCUT2D eigenvalue weighted by Gasteiger charge is 2.24. The molecule has 1 heterocycles. The number of hydrogen-bond donors (Lipinski definition) is 2. The molecule has 0 bridgehead atoms. The smallest absolute Gasteiger partial charge is 0.123 e. The maximum absolute atomic E-state index is 13.1. The summed E-state index contributed by atoms with van der Waals surface area (Å²) in [5, 5.41) is 22.1. The number of halogens is 1. The van der Waals surface area contributed by atoms with Crippen molar-refractivity contribution in [2.24, 2.45) is 5.92 Å². The molecule has 2 unspecified atom stereocenters. The Morgan fingerprint density at radius 2 is 1.96 bits per heavy atom. The van der Waals surface area contributed by atoms with Gasteiger partial charge in [0.15, 0.2) is 0 Å². The minimum absolute atomic E-state index is 0.00440. The van der Waals surface area contributed by atoms with Crippen LogP contribution in [0, 0.1) is 18.7 Å². The highest BCUT2D eigenvalue weighted by Crippen LogP contribution is 2.27. The van der Waals surface area contributed by atoms with E-state index in [0.717, 1.165) is 29.9 Å². The molecular formula is C18H25FN4O. The zero-order chi connectivity index (χ0) is 17.1. The quantitative estimate of drug-likeness (QED) is 0.854. The molecule has 0 radical (unpaired) electrons. The normalized spacial score (nSPS) is 18.0. The van der Waals surface area contributed by atoms with Crippen LogP contribution in [0.1, 0.15) is 50.0 Å². The van der Waals surface area contributed by atoms with Gasteiger partial charge in [-0.3, -0.25) is 0 Å². The molecule has 6 heteroatoms. The van der Waals surface area contributed by atoms with Crippen molar-refractivity contribution < 1.29 is 9.50 Å².